The lowest BCUT2D eigenvalue weighted by molar-refractivity contribution is -0.140. The van der Waals surface area contributed by atoms with Gasteiger partial charge in [-0.25, -0.2) is 0 Å². The van der Waals surface area contributed by atoms with Crippen molar-refractivity contribution in [2.75, 3.05) is 72.2 Å². The normalized spacial score (nSPS) is 20.0. The number of hydrogen-bond acceptors (Lipinski definition) is 6. The summed E-state index contributed by atoms with van der Waals surface area (Å²) in [7, 11) is 0. The van der Waals surface area contributed by atoms with Gasteiger partial charge in [-0.15, -0.1) is 0 Å². The first-order valence-electron chi connectivity index (χ1n) is 10.5. The molecule has 0 unspecified atom stereocenters. The van der Waals surface area contributed by atoms with Crippen molar-refractivity contribution >= 4 is 23.4 Å². The molecule has 2 amide bonds. The topological polar surface area (TPSA) is 71.6 Å². The van der Waals surface area contributed by atoms with Crippen LogP contribution in [0.1, 0.15) is 12.0 Å². The molecular formula is C21H28ClN3O5. The van der Waals surface area contributed by atoms with Crippen LogP contribution in [-0.4, -0.2) is 98.8 Å². The predicted molar refractivity (Wildman–Crippen MR) is 111 cm³/mol. The minimum atomic E-state index is 0.0286. The highest BCUT2D eigenvalue weighted by molar-refractivity contribution is 6.32. The fourth-order valence-corrected chi connectivity index (χ4v) is 4.22. The van der Waals surface area contributed by atoms with Gasteiger partial charge in [0.2, 0.25) is 11.8 Å². The van der Waals surface area contributed by atoms with Crippen molar-refractivity contribution in [3.8, 4) is 11.5 Å². The molecule has 9 heteroatoms. The molecule has 4 rings (SSSR count). The Balaban J connectivity index is 1.29. The van der Waals surface area contributed by atoms with E-state index in [-0.39, 0.29) is 18.2 Å². The Bertz CT molecular complexity index is 776. The molecule has 1 aromatic carbocycles. The van der Waals surface area contributed by atoms with Gasteiger partial charge >= 0.3 is 0 Å². The number of benzene rings is 1. The highest BCUT2D eigenvalue weighted by Gasteiger charge is 2.26. The summed E-state index contributed by atoms with van der Waals surface area (Å²) in [6, 6.07) is 3.61. The minimum Gasteiger partial charge on any atom is -0.489 e. The maximum absolute atomic E-state index is 12.8. The van der Waals surface area contributed by atoms with Crippen LogP contribution < -0.4 is 9.47 Å². The summed E-state index contributed by atoms with van der Waals surface area (Å²) in [5, 5.41) is 0.468. The number of fused-ring (bicyclic) bond motifs is 1. The summed E-state index contributed by atoms with van der Waals surface area (Å²) in [5.41, 5.74) is 0.806. The largest absolute Gasteiger partial charge is 0.489 e. The quantitative estimate of drug-likeness (QED) is 0.701. The second kappa shape index (κ2) is 9.85. The monoisotopic (exact) mass is 437 g/mol. The first-order valence-corrected chi connectivity index (χ1v) is 10.9. The van der Waals surface area contributed by atoms with Crippen molar-refractivity contribution < 1.29 is 23.8 Å². The summed E-state index contributed by atoms with van der Waals surface area (Å²) in [4.78, 5) is 31.1. The van der Waals surface area contributed by atoms with E-state index in [1.807, 2.05) is 15.9 Å². The Hall–Kier alpha value is -2.03. The van der Waals surface area contributed by atoms with Gasteiger partial charge in [0.25, 0.3) is 0 Å². The first-order chi connectivity index (χ1) is 14.6. The van der Waals surface area contributed by atoms with E-state index in [1.54, 1.807) is 6.07 Å². The number of carbonyl (C=O) groups is 2. The molecule has 0 atom stereocenters. The molecule has 8 nitrogen and oxygen atoms in total. The SMILES string of the molecule is O=C(Cc1cc(Cl)c2c(c1)OCCCO2)N1CCN(C(=O)CN2CCOCC2)CC1. The van der Waals surface area contributed by atoms with Crippen molar-refractivity contribution in [1.82, 2.24) is 14.7 Å². The Morgan fingerprint density at radius 3 is 2.27 bits per heavy atom. The van der Waals surface area contributed by atoms with Crippen LogP contribution in [0.25, 0.3) is 0 Å². The van der Waals surface area contributed by atoms with Crippen molar-refractivity contribution in [2.45, 2.75) is 12.8 Å². The Morgan fingerprint density at radius 2 is 1.53 bits per heavy atom. The van der Waals surface area contributed by atoms with Crippen molar-refractivity contribution in [1.29, 1.82) is 0 Å². The molecule has 3 heterocycles. The van der Waals surface area contributed by atoms with E-state index in [2.05, 4.69) is 4.90 Å². The predicted octanol–water partition coefficient (Wildman–Crippen LogP) is 1.05. The van der Waals surface area contributed by atoms with Crippen molar-refractivity contribution in [3.05, 3.63) is 22.7 Å². The van der Waals surface area contributed by atoms with E-state index in [0.717, 1.165) is 25.1 Å². The summed E-state index contributed by atoms with van der Waals surface area (Å²) in [6.07, 6.45) is 1.05. The van der Waals surface area contributed by atoms with Gasteiger partial charge in [0.15, 0.2) is 11.5 Å². The number of hydrogen-bond donors (Lipinski definition) is 0. The van der Waals surface area contributed by atoms with E-state index in [4.69, 9.17) is 25.8 Å². The molecule has 2 fully saturated rings. The van der Waals surface area contributed by atoms with Crippen LogP contribution in [-0.2, 0) is 20.7 Å². The number of nitrogens with zero attached hydrogens (tertiary/aromatic N) is 3. The molecular weight excluding hydrogens is 410 g/mol. The highest BCUT2D eigenvalue weighted by Crippen LogP contribution is 2.38. The van der Waals surface area contributed by atoms with Crippen LogP contribution in [0.4, 0.5) is 0 Å². The summed E-state index contributed by atoms with van der Waals surface area (Å²) in [6.45, 7) is 6.74. The summed E-state index contributed by atoms with van der Waals surface area (Å²) >= 11 is 6.34. The number of amides is 2. The van der Waals surface area contributed by atoms with Crippen LogP contribution in [0.5, 0.6) is 11.5 Å². The molecule has 0 saturated carbocycles. The molecule has 1 aromatic rings. The zero-order chi connectivity index (χ0) is 20.9. The van der Waals surface area contributed by atoms with Crippen LogP contribution in [0.15, 0.2) is 12.1 Å². The van der Waals surface area contributed by atoms with Gasteiger partial charge in [-0.3, -0.25) is 14.5 Å². The van der Waals surface area contributed by atoms with E-state index in [9.17, 15) is 9.59 Å². The van der Waals surface area contributed by atoms with Crippen LogP contribution in [0.3, 0.4) is 0 Å². The average Bonchev–Trinajstić information content (AvgIpc) is 3.00. The molecule has 0 aliphatic carbocycles. The number of halogens is 1. The van der Waals surface area contributed by atoms with Gasteiger partial charge in [-0.2, -0.15) is 0 Å². The molecule has 0 aromatic heterocycles. The first kappa shape index (κ1) is 21.2. The van der Waals surface area contributed by atoms with Crippen LogP contribution in [0, 0.1) is 0 Å². The summed E-state index contributed by atoms with van der Waals surface area (Å²) in [5.74, 6) is 1.30. The Labute approximate surface area is 181 Å². The van der Waals surface area contributed by atoms with E-state index < -0.39 is 0 Å². The maximum atomic E-state index is 12.8. The third-order valence-corrected chi connectivity index (χ3v) is 5.95. The lowest BCUT2D eigenvalue weighted by Crippen LogP contribution is -2.53. The second-order valence-corrected chi connectivity index (χ2v) is 8.19. The highest BCUT2D eigenvalue weighted by atomic mass is 35.5. The molecule has 0 spiro atoms. The van der Waals surface area contributed by atoms with Gasteiger partial charge < -0.3 is 24.0 Å². The lowest BCUT2D eigenvalue weighted by atomic mass is 10.1. The summed E-state index contributed by atoms with van der Waals surface area (Å²) < 4.78 is 16.7. The van der Waals surface area contributed by atoms with Crippen LogP contribution in [0.2, 0.25) is 5.02 Å². The molecule has 0 bridgehead atoms. The zero-order valence-corrected chi connectivity index (χ0v) is 17.9. The fourth-order valence-electron chi connectivity index (χ4n) is 3.93. The number of ether oxygens (including phenoxy) is 3. The number of rotatable bonds is 4. The average molecular weight is 438 g/mol. The molecule has 2 saturated heterocycles. The molecule has 0 N–H and O–H groups in total. The standard InChI is InChI=1S/C21H28ClN3O5/c22-17-12-16(13-18-21(17)30-9-1-8-29-18)14-19(26)24-2-4-25(5-3-24)20(27)15-23-6-10-28-11-7-23/h12-13H,1-11,14-15H2. The Kier molecular flexibility index (Phi) is 6.97. The van der Waals surface area contributed by atoms with E-state index in [1.165, 1.54) is 0 Å². The van der Waals surface area contributed by atoms with Crippen molar-refractivity contribution in [3.63, 3.8) is 0 Å². The van der Waals surface area contributed by atoms with Gasteiger partial charge in [-0.05, 0) is 17.7 Å². The number of piperazine rings is 1. The molecule has 3 aliphatic heterocycles. The third-order valence-electron chi connectivity index (χ3n) is 5.66. The smallest absolute Gasteiger partial charge is 0.236 e. The molecule has 30 heavy (non-hydrogen) atoms. The van der Waals surface area contributed by atoms with Gasteiger partial charge in [0, 0.05) is 45.7 Å². The Morgan fingerprint density at radius 1 is 0.867 bits per heavy atom. The maximum Gasteiger partial charge on any atom is 0.236 e. The number of morpholine rings is 1. The molecule has 164 valence electrons. The zero-order valence-electron chi connectivity index (χ0n) is 17.1. The fraction of sp³-hybridized carbons (Fsp3) is 0.619. The lowest BCUT2D eigenvalue weighted by Gasteiger charge is -2.36. The van der Waals surface area contributed by atoms with Gasteiger partial charge in [0.05, 0.1) is 44.4 Å². The van der Waals surface area contributed by atoms with Crippen LogP contribution >= 0.6 is 11.6 Å². The van der Waals surface area contributed by atoms with Gasteiger partial charge in [0.1, 0.15) is 0 Å². The third kappa shape index (κ3) is 5.17. The minimum absolute atomic E-state index is 0.0286. The van der Waals surface area contributed by atoms with E-state index in [0.29, 0.717) is 75.7 Å². The van der Waals surface area contributed by atoms with Gasteiger partial charge in [-0.1, -0.05) is 11.6 Å². The van der Waals surface area contributed by atoms with E-state index >= 15 is 0 Å². The number of carbonyl (C=O) groups excluding carboxylic acids is 2. The second-order valence-electron chi connectivity index (χ2n) is 7.78. The van der Waals surface area contributed by atoms with Crippen molar-refractivity contribution in [2.24, 2.45) is 0 Å². The molecule has 0 radical (unpaired) electrons. The molecule has 3 aliphatic rings.